The van der Waals surface area contributed by atoms with Gasteiger partial charge in [0.05, 0.1) is 16.3 Å². The minimum Gasteiger partial charge on any atom is -0.317 e. The zero-order valence-electron chi connectivity index (χ0n) is 16.8. The third-order valence-corrected chi connectivity index (χ3v) is 5.71. The van der Waals surface area contributed by atoms with Crippen LogP contribution in [0.4, 0.5) is 10.8 Å². The zero-order chi connectivity index (χ0) is 23.4. The lowest BCUT2D eigenvalue weighted by molar-refractivity contribution is -0.384. The highest BCUT2D eigenvalue weighted by molar-refractivity contribution is 7.14. The largest absolute Gasteiger partial charge is 0.317 e. The van der Waals surface area contributed by atoms with Crippen molar-refractivity contribution in [1.29, 1.82) is 5.26 Å². The molecule has 0 saturated heterocycles. The first-order valence-corrected chi connectivity index (χ1v) is 10.8. The van der Waals surface area contributed by atoms with Crippen LogP contribution in [0, 0.1) is 21.4 Å². The van der Waals surface area contributed by atoms with Gasteiger partial charge in [-0.2, -0.15) is 5.26 Å². The molecule has 0 radical (unpaired) electrons. The van der Waals surface area contributed by atoms with E-state index >= 15 is 0 Å². The molecule has 0 bridgehead atoms. The summed E-state index contributed by atoms with van der Waals surface area (Å²) in [6.45, 7) is 0. The standard InChI is InChI=1S/C23H14ClN5O3S/c24-19-9-8-18(12-21(19)29(31)32)28-10-4-7-17(28)11-16(13-25)22(30)27-23-26-20(14-33-23)15-5-2-1-3-6-15/h1-12,14H,(H,26,27,30)/b16-11-. The number of nitrogens with zero attached hydrogens (tertiary/aromatic N) is 4. The van der Waals surface area contributed by atoms with E-state index in [1.54, 1.807) is 29.0 Å². The van der Waals surface area contributed by atoms with Gasteiger partial charge in [-0.3, -0.25) is 20.2 Å². The van der Waals surface area contributed by atoms with Crippen molar-refractivity contribution in [3.05, 3.63) is 98.6 Å². The van der Waals surface area contributed by atoms with Crippen molar-refractivity contribution in [1.82, 2.24) is 9.55 Å². The Hall–Kier alpha value is -4.26. The molecule has 4 aromatic rings. The van der Waals surface area contributed by atoms with Gasteiger partial charge in [-0.05, 0) is 30.3 Å². The Bertz CT molecular complexity index is 1420. The number of halogens is 1. The average Bonchev–Trinajstić information content (AvgIpc) is 3.48. The van der Waals surface area contributed by atoms with Gasteiger partial charge in [0.25, 0.3) is 11.6 Å². The molecular weight excluding hydrogens is 462 g/mol. The van der Waals surface area contributed by atoms with Crippen LogP contribution in [-0.4, -0.2) is 20.4 Å². The summed E-state index contributed by atoms with van der Waals surface area (Å²) in [5.41, 5.74) is 2.20. The summed E-state index contributed by atoms with van der Waals surface area (Å²) in [6.07, 6.45) is 3.07. The van der Waals surface area contributed by atoms with Crippen LogP contribution >= 0.6 is 22.9 Å². The molecule has 1 amide bonds. The van der Waals surface area contributed by atoms with Crippen molar-refractivity contribution in [2.24, 2.45) is 0 Å². The lowest BCUT2D eigenvalue weighted by Gasteiger charge is -2.08. The predicted molar refractivity (Wildman–Crippen MR) is 127 cm³/mol. The lowest BCUT2D eigenvalue weighted by atomic mass is 10.2. The van der Waals surface area contributed by atoms with Gasteiger partial charge in [0.2, 0.25) is 0 Å². The number of aromatic nitrogens is 2. The summed E-state index contributed by atoms with van der Waals surface area (Å²) in [7, 11) is 0. The fourth-order valence-electron chi connectivity index (χ4n) is 3.07. The van der Waals surface area contributed by atoms with Crippen molar-refractivity contribution in [3.8, 4) is 23.0 Å². The summed E-state index contributed by atoms with van der Waals surface area (Å²) in [4.78, 5) is 27.7. The number of nitro benzene ring substituents is 1. The van der Waals surface area contributed by atoms with Crippen molar-refractivity contribution >= 4 is 45.7 Å². The molecule has 0 saturated carbocycles. The van der Waals surface area contributed by atoms with Gasteiger partial charge in [0.15, 0.2) is 5.13 Å². The zero-order valence-corrected chi connectivity index (χ0v) is 18.4. The average molecular weight is 476 g/mol. The fourth-order valence-corrected chi connectivity index (χ4v) is 3.97. The number of amides is 1. The Morgan fingerprint density at radius 3 is 2.73 bits per heavy atom. The molecule has 8 nitrogen and oxygen atoms in total. The number of thiazole rings is 1. The number of nitro groups is 1. The topological polar surface area (TPSA) is 114 Å². The third kappa shape index (κ3) is 4.82. The number of rotatable bonds is 6. The Morgan fingerprint density at radius 2 is 2.00 bits per heavy atom. The molecule has 0 aliphatic heterocycles. The summed E-state index contributed by atoms with van der Waals surface area (Å²) in [5, 5.41) is 25.6. The highest BCUT2D eigenvalue weighted by Crippen LogP contribution is 2.28. The molecule has 2 aromatic heterocycles. The van der Waals surface area contributed by atoms with Crippen LogP contribution in [0.15, 0.2) is 77.8 Å². The molecule has 162 valence electrons. The molecule has 0 unspecified atom stereocenters. The highest BCUT2D eigenvalue weighted by atomic mass is 35.5. The van der Waals surface area contributed by atoms with Gasteiger partial charge in [-0.1, -0.05) is 41.9 Å². The Balaban J connectivity index is 1.58. The Labute approximate surface area is 197 Å². The van der Waals surface area contributed by atoms with Crippen molar-refractivity contribution in [2.45, 2.75) is 0 Å². The second-order valence-corrected chi connectivity index (χ2v) is 7.99. The van der Waals surface area contributed by atoms with E-state index in [4.69, 9.17) is 11.6 Å². The molecule has 0 aliphatic carbocycles. The van der Waals surface area contributed by atoms with E-state index in [1.807, 2.05) is 41.8 Å². The lowest BCUT2D eigenvalue weighted by Crippen LogP contribution is -2.13. The number of carbonyl (C=O) groups is 1. The molecule has 0 aliphatic rings. The number of carbonyl (C=O) groups excluding carboxylic acids is 1. The molecular formula is C23H14ClN5O3S. The molecule has 33 heavy (non-hydrogen) atoms. The second kappa shape index (κ2) is 9.48. The first kappa shape index (κ1) is 22.0. The minimum atomic E-state index is -0.610. The van der Waals surface area contributed by atoms with Crippen LogP contribution in [0.25, 0.3) is 23.0 Å². The van der Waals surface area contributed by atoms with E-state index < -0.39 is 10.8 Å². The van der Waals surface area contributed by atoms with E-state index in [0.29, 0.717) is 16.5 Å². The number of hydrogen-bond donors (Lipinski definition) is 1. The molecule has 2 heterocycles. The normalized spacial score (nSPS) is 11.1. The van der Waals surface area contributed by atoms with Gasteiger partial charge in [0.1, 0.15) is 16.7 Å². The van der Waals surface area contributed by atoms with Crippen LogP contribution in [0.3, 0.4) is 0 Å². The molecule has 0 spiro atoms. The van der Waals surface area contributed by atoms with Crippen LogP contribution in [0.1, 0.15) is 5.69 Å². The van der Waals surface area contributed by atoms with Crippen LogP contribution < -0.4 is 5.32 Å². The summed E-state index contributed by atoms with van der Waals surface area (Å²) in [6, 6.07) is 19.2. The van der Waals surface area contributed by atoms with E-state index in [0.717, 1.165) is 11.3 Å². The fraction of sp³-hybridized carbons (Fsp3) is 0. The number of hydrogen-bond acceptors (Lipinski definition) is 6. The van der Waals surface area contributed by atoms with E-state index in [9.17, 15) is 20.2 Å². The summed E-state index contributed by atoms with van der Waals surface area (Å²) in [5.74, 6) is -0.610. The molecule has 2 aromatic carbocycles. The second-order valence-electron chi connectivity index (χ2n) is 6.72. The van der Waals surface area contributed by atoms with Crippen molar-refractivity contribution < 1.29 is 9.72 Å². The number of anilines is 1. The minimum absolute atomic E-state index is 0.0170. The maximum Gasteiger partial charge on any atom is 0.289 e. The Kier molecular flexibility index (Phi) is 6.31. The SMILES string of the molecule is N#C/C(=C/c1cccn1-c1ccc(Cl)c([N+](=O)[O-])c1)C(=O)Nc1nc(-c2ccccc2)cs1. The summed E-state index contributed by atoms with van der Waals surface area (Å²) < 4.78 is 1.62. The van der Waals surface area contributed by atoms with Crippen LogP contribution in [0.2, 0.25) is 5.02 Å². The summed E-state index contributed by atoms with van der Waals surface area (Å²) >= 11 is 7.15. The molecule has 0 atom stereocenters. The van der Waals surface area contributed by atoms with E-state index in [-0.39, 0.29) is 16.3 Å². The molecule has 1 N–H and O–H groups in total. The quantitative estimate of drug-likeness (QED) is 0.166. The van der Waals surface area contributed by atoms with E-state index in [1.165, 1.54) is 29.5 Å². The van der Waals surface area contributed by atoms with Gasteiger partial charge in [-0.25, -0.2) is 4.98 Å². The third-order valence-electron chi connectivity index (χ3n) is 4.64. The number of benzene rings is 2. The Morgan fingerprint density at radius 1 is 1.21 bits per heavy atom. The molecule has 4 rings (SSSR count). The van der Waals surface area contributed by atoms with Gasteiger partial charge < -0.3 is 4.57 Å². The predicted octanol–water partition coefficient (Wildman–Crippen LogP) is 5.71. The van der Waals surface area contributed by atoms with Crippen LogP contribution in [-0.2, 0) is 4.79 Å². The maximum absolute atomic E-state index is 12.7. The van der Waals surface area contributed by atoms with E-state index in [2.05, 4.69) is 10.3 Å². The molecule has 0 fully saturated rings. The number of nitriles is 1. The van der Waals surface area contributed by atoms with Crippen molar-refractivity contribution in [3.63, 3.8) is 0 Å². The maximum atomic E-state index is 12.7. The monoisotopic (exact) mass is 475 g/mol. The van der Waals surface area contributed by atoms with Crippen molar-refractivity contribution in [2.75, 3.05) is 5.32 Å². The van der Waals surface area contributed by atoms with Gasteiger partial charge in [-0.15, -0.1) is 11.3 Å². The van der Waals surface area contributed by atoms with Gasteiger partial charge in [0, 0.05) is 28.9 Å². The number of nitrogens with one attached hydrogen (secondary N) is 1. The first-order valence-electron chi connectivity index (χ1n) is 9.52. The van der Waals surface area contributed by atoms with Crippen LogP contribution in [0.5, 0.6) is 0 Å². The molecule has 10 heteroatoms. The smallest absolute Gasteiger partial charge is 0.289 e. The first-order chi connectivity index (χ1) is 16.0. The van der Waals surface area contributed by atoms with Gasteiger partial charge >= 0.3 is 0 Å². The highest BCUT2D eigenvalue weighted by Gasteiger charge is 2.16.